The lowest BCUT2D eigenvalue weighted by atomic mass is 10.3. The Morgan fingerprint density at radius 1 is 1.56 bits per heavy atom. The summed E-state index contributed by atoms with van der Waals surface area (Å²) in [5.41, 5.74) is 1.11. The SMILES string of the molecule is C=C/C=C\C(=C/C)NC. The van der Waals surface area contributed by atoms with Gasteiger partial charge in [-0.3, -0.25) is 0 Å². The maximum atomic E-state index is 3.56. The van der Waals surface area contributed by atoms with Crippen LogP contribution in [0.25, 0.3) is 0 Å². The van der Waals surface area contributed by atoms with E-state index in [9.17, 15) is 0 Å². The minimum atomic E-state index is 1.11. The number of nitrogens with one attached hydrogen (secondary N) is 1. The average Bonchev–Trinajstić information content (AvgIpc) is 1.91. The highest BCUT2D eigenvalue weighted by Gasteiger charge is 1.77. The van der Waals surface area contributed by atoms with Gasteiger partial charge in [0.25, 0.3) is 0 Å². The fourth-order valence-electron chi connectivity index (χ4n) is 0.496. The largest absolute Gasteiger partial charge is 0.388 e. The van der Waals surface area contributed by atoms with Crippen LogP contribution < -0.4 is 5.32 Å². The average molecular weight is 123 g/mol. The molecule has 1 heteroatoms. The van der Waals surface area contributed by atoms with Gasteiger partial charge in [0, 0.05) is 12.7 Å². The number of rotatable bonds is 3. The van der Waals surface area contributed by atoms with Crippen molar-refractivity contribution in [3.63, 3.8) is 0 Å². The first-order valence-electron chi connectivity index (χ1n) is 2.98. The molecule has 0 aliphatic rings. The van der Waals surface area contributed by atoms with Crippen LogP contribution in [0.5, 0.6) is 0 Å². The van der Waals surface area contributed by atoms with E-state index in [1.807, 2.05) is 32.2 Å². The van der Waals surface area contributed by atoms with Gasteiger partial charge in [-0.05, 0) is 13.0 Å². The molecule has 0 spiro atoms. The maximum absolute atomic E-state index is 3.56. The lowest BCUT2D eigenvalue weighted by Gasteiger charge is -1.95. The first-order valence-corrected chi connectivity index (χ1v) is 2.98. The van der Waals surface area contributed by atoms with Gasteiger partial charge in [0.05, 0.1) is 0 Å². The molecule has 0 aliphatic carbocycles. The van der Waals surface area contributed by atoms with Crippen LogP contribution in [-0.4, -0.2) is 7.05 Å². The Kier molecular flexibility index (Phi) is 4.60. The standard InChI is InChI=1S/C8H13N/c1-4-6-7-8(5-2)9-3/h4-7,9H,1H2,2-3H3/b7-6-,8-5+. The van der Waals surface area contributed by atoms with Gasteiger partial charge in [-0.2, -0.15) is 0 Å². The van der Waals surface area contributed by atoms with Crippen LogP contribution in [0.3, 0.4) is 0 Å². The highest BCUT2D eigenvalue weighted by molar-refractivity contribution is 5.18. The molecule has 50 valence electrons. The molecule has 0 fully saturated rings. The van der Waals surface area contributed by atoms with E-state index in [0.717, 1.165) is 5.70 Å². The van der Waals surface area contributed by atoms with Crippen LogP contribution in [0.15, 0.2) is 36.6 Å². The van der Waals surface area contributed by atoms with Gasteiger partial charge >= 0.3 is 0 Å². The summed E-state index contributed by atoms with van der Waals surface area (Å²) in [6.07, 6.45) is 7.61. The fourth-order valence-corrected chi connectivity index (χ4v) is 0.496. The third kappa shape index (κ3) is 3.59. The summed E-state index contributed by atoms with van der Waals surface area (Å²) < 4.78 is 0. The normalized spacial score (nSPS) is 12.0. The third-order valence-corrected chi connectivity index (χ3v) is 1.01. The Bertz CT molecular complexity index is 132. The van der Waals surface area contributed by atoms with E-state index in [2.05, 4.69) is 11.9 Å². The second-order valence-corrected chi connectivity index (χ2v) is 1.59. The van der Waals surface area contributed by atoms with Crippen molar-refractivity contribution in [2.75, 3.05) is 7.05 Å². The predicted octanol–water partition coefficient (Wildman–Crippen LogP) is 1.85. The van der Waals surface area contributed by atoms with Crippen molar-refractivity contribution in [2.24, 2.45) is 0 Å². The summed E-state index contributed by atoms with van der Waals surface area (Å²) in [4.78, 5) is 0. The van der Waals surface area contributed by atoms with Crippen molar-refractivity contribution in [3.05, 3.63) is 36.6 Å². The number of hydrogen-bond acceptors (Lipinski definition) is 1. The summed E-state index contributed by atoms with van der Waals surface area (Å²) in [5, 5.41) is 3.01. The van der Waals surface area contributed by atoms with Crippen LogP contribution >= 0.6 is 0 Å². The summed E-state index contributed by atoms with van der Waals surface area (Å²) in [6.45, 7) is 5.54. The van der Waals surface area contributed by atoms with Crippen LogP contribution in [0.4, 0.5) is 0 Å². The molecule has 0 amide bonds. The van der Waals surface area contributed by atoms with Crippen molar-refractivity contribution in [2.45, 2.75) is 6.92 Å². The van der Waals surface area contributed by atoms with Crippen LogP contribution in [0, 0.1) is 0 Å². The Morgan fingerprint density at radius 3 is 2.56 bits per heavy atom. The summed E-state index contributed by atoms with van der Waals surface area (Å²) >= 11 is 0. The van der Waals surface area contributed by atoms with E-state index in [1.54, 1.807) is 6.08 Å². The van der Waals surface area contributed by atoms with Crippen molar-refractivity contribution in [3.8, 4) is 0 Å². The molecule has 0 aromatic heterocycles. The highest BCUT2D eigenvalue weighted by atomic mass is 14.8. The smallest absolute Gasteiger partial charge is 0.0294 e. The monoisotopic (exact) mass is 123 g/mol. The van der Waals surface area contributed by atoms with Crippen molar-refractivity contribution in [1.29, 1.82) is 0 Å². The van der Waals surface area contributed by atoms with Crippen molar-refractivity contribution >= 4 is 0 Å². The van der Waals surface area contributed by atoms with Crippen molar-refractivity contribution in [1.82, 2.24) is 5.32 Å². The molecule has 1 N–H and O–H groups in total. The molecule has 0 saturated heterocycles. The van der Waals surface area contributed by atoms with E-state index >= 15 is 0 Å². The Labute approximate surface area is 56.8 Å². The fraction of sp³-hybridized carbons (Fsp3) is 0.250. The van der Waals surface area contributed by atoms with Gasteiger partial charge in [0.15, 0.2) is 0 Å². The molecule has 0 unspecified atom stereocenters. The lowest BCUT2D eigenvalue weighted by molar-refractivity contribution is 1.03. The molecule has 9 heavy (non-hydrogen) atoms. The van der Waals surface area contributed by atoms with Gasteiger partial charge in [0.1, 0.15) is 0 Å². The first-order chi connectivity index (χ1) is 4.35. The number of hydrogen-bond donors (Lipinski definition) is 1. The first kappa shape index (κ1) is 8.02. The third-order valence-electron chi connectivity index (χ3n) is 1.01. The predicted molar refractivity (Wildman–Crippen MR) is 42.2 cm³/mol. The molecule has 0 atom stereocenters. The zero-order chi connectivity index (χ0) is 7.11. The van der Waals surface area contributed by atoms with Gasteiger partial charge in [0.2, 0.25) is 0 Å². The van der Waals surface area contributed by atoms with E-state index in [-0.39, 0.29) is 0 Å². The number of likely N-dealkylation sites (N-methyl/N-ethyl adjacent to an activating group) is 1. The van der Waals surface area contributed by atoms with Crippen LogP contribution in [-0.2, 0) is 0 Å². The molecule has 1 nitrogen and oxygen atoms in total. The maximum Gasteiger partial charge on any atom is 0.0294 e. The summed E-state index contributed by atoms with van der Waals surface area (Å²) in [6, 6.07) is 0. The molecular formula is C8H13N. The molecule has 0 aromatic carbocycles. The van der Waals surface area contributed by atoms with Gasteiger partial charge in [-0.25, -0.2) is 0 Å². The molecule has 0 radical (unpaired) electrons. The molecule has 0 bridgehead atoms. The van der Waals surface area contributed by atoms with Crippen LogP contribution in [0.1, 0.15) is 6.92 Å². The van der Waals surface area contributed by atoms with Crippen LogP contribution in [0.2, 0.25) is 0 Å². The second kappa shape index (κ2) is 5.16. The summed E-state index contributed by atoms with van der Waals surface area (Å²) in [7, 11) is 1.89. The number of allylic oxidation sites excluding steroid dienone is 4. The van der Waals surface area contributed by atoms with E-state index in [0.29, 0.717) is 0 Å². The van der Waals surface area contributed by atoms with E-state index < -0.39 is 0 Å². The molecule has 0 heterocycles. The molecular weight excluding hydrogens is 110 g/mol. The Morgan fingerprint density at radius 2 is 2.22 bits per heavy atom. The zero-order valence-corrected chi connectivity index (χ0v) is 6.02. The second-order valence-electron chi connectivity index (χ2n) is 1.59. The van der Waals surface area contributed by atoms with E-state index in [4.69, 9.17) is 0 Å². The summed E-state index contributed by atoms with van der Waals surface area (Å²) in [5.74, 6) is 0. The highest BCUT2D eigenvalue weighted by Crippen LogP contribution is 1.88. The minimum absolute atomic E-state index is 1.11. The molecule has 0 rings (SSSR count). The van der Waals surface area contributed by atoms with E-state index in [1.165, 1.54) is 0 Å². The topological polar surface area (TPSA) is 12.0 Å². The molecule has 0 aliphatic heterocycles. The minimum Gasteiger partial charge on any atom is -0.388 e. The molecule has 0 aromatic rings. The van der Waals surface area contributed by atoms with Gasteiger partial charge in [-0.15, -0.1) is 0 Å². The molecule has 0 saturated carbocycles. The lowest BCUT2D eigenvalue weighted by Crippen LogP contribution is -2.01. The van der Waals surface area contributed by atoms with Gasteiger partial charge < -0.3 is 5.32 Å². The van der Waals surface area contributed by atoms with Crippen molar-refractivity contribution < 1.29 is 0 Å². The zero-order valence-electron chi connectivity index (χ0n) is 6.02. The Hall–Kier alpha value is -0.980. The quantitative estimate of drug-likeness (QED) is 0.565. The van der Waals surface area contributed by atoms with Gasteiger partial charge in [-0.1, -0.05) is 24.8 Å². The Balaban J connectivity index is 3.84.